The van der Waals surface area contributed by atoms with Gasteiger partial charge in [-0.2, -0.15) is 0 Å². The number of hydrogen-bond donors (Lipinski definition) is 1. The lowest BCUT2D eigenvalue weighted by molar-refractivity contribution is 0.547. The van der Waals surface area contributed by atoms with Crippen LogP contribution in [0.5, 0.6) is 0 Å². The van der Waals surface area contributed by atoms with Crippen molar-refractivity contribution in [2.24, 2.45) is 0 Å². The number of anilines is 1. The average Bonchev–Trinajstić information content (AvgIpc) is 2.84. The quantitative estimate of drug-likeness (QED) is 0.791. The van der Waals surface area contributed by atoms with E-state index in [4.69, 9.17) is 0 Å². The predicted molar refractivity (Wildman–Crippen MR) is 76.2 cm³/mol. The van der Waals surface area contributed by atoms with E-state index in [0.717, 1.165) is 21.2 Å². The number of nitrogens with one attached hydrogen (secondary N) is 1. The minimum atomic E-state index is -0.951. The molecule has 0 bridgehead atoms. The van der Waals surface area contributed by atoms with E-state index in [1.807, 2.05) is 24.4 Å². The third-order valence-electron chi connectivity index (χ3n) is 3.18. The fourth-order valence-electron chi connectivity index (χ4n) is 2.21. The van der Waals surface area contributed by atoms with E-state index in [1.165, 1.54) is 0 Å². The summed E-state index contributed by atoms with van der Waals surface area (Å²) in [6.07, 6.45) is 1.92. The molecule has 0 saturated carbocycles. The number of nitrogens with zero attached hydrogens (tertiary/aromatic N) is 2. The molecule has 0 aliphatic rings. The fourth-order valence-corrected chi connectivity index (χ4v) is 3.10. The summed E-state index contributed by atoms with van der Waals surface area (Å²) in [6, 6.07) is 1.30. The van der Waals surface area contributed by atoms with Gasteiger partial charge in [-0.15, -0.1) is 11.3 Å². The third-order valence-corrected chi connectivity index (χ3v) is 4.08. The molecule has 0 aliphatic heterocycles. The second-order valence-electron chi connectivity index (χ2n) is 4.74. The smallest absolute Gasteiger partial charge is 0.194 e. The van der Waals surface area contributed by atoms with Gasteiger partial charge in [-0.05, 0) is 13.8 Å². The standard InChI is InChI=1S/C14H12F3N3S/c1-7-6-20-12(8(2)19-14(20)21-7)5-18-13-10(16)3-9(15)4-11(13)17/h3-4,6,18H,5H2,1-2H3. The maximum absolute atomic E-state index is 13.6. The van der Waals surface area contributed by atoms with Crippen LogP contribution < -0.4 is 5.32 Å². The van der Waals surface area contributed by atoms with Gasteiger partial charge in [-0.1, -0.05) is 0 Å². The average molecular weight is 311 g/mol. The molecule has 3 nitrogen and oxygen atoms in total. The summed E-state index contributed by atoms with van der Waals surface area (Å²) < 4.78 is 42.0. The van der Waals surface area contributed by atoms with E-state index in [1.54, 1.807) is 11.3 Å². The van der Waals surface area contributed by atoms with E-state index in [-0.39, 0.29) is 12.2 Å². The largest absolute Gasteiger partial charge is 0.375 e. The Morgan fingerprint density at radius 1 is 1.19 bits per heavy atom. The highest BCUT2D eigenvalue weighted by Gasteiger charge is 2.14. The highest BCUT2D eigenvalue weighted by atomic mass is 32.1. The normalized spacial score (nSPS) is 11.3. The van der Waals surface area contributed by atoms with E-state index in [0.29, 0.717) is 12.1 Å². The molecule has 110 valence electrons. The molecule has 0 amide bonds. The van der Waals surface area contributed by atoms with Crippen LogP contribution in [0.15, 0.2) is 18.3 Å². The third kappa shape index (κ3) is 2.49. The Bertz CT molecular complexity index is 799. The van der Waals surface area contributed by atoms with Crippen LogP contribution in [0.1, 0.15) is 16.3 Å². The van der Waals surface area contributed by atoms with Crippen LogP contribution in [-0.4, -0.2) is 9.38 Å². The molecule has 3 aromatic rings. The molecule has 0 fully saturated rings. The molecule has 2 aromatic heterocycles. The topological polar surface area (TPSA) is 29.3 Å². The van der Waals surface area contributed by atoms with Gasteiger partial charge in [0.25, 0.3) is 0 Å². The Balaban J connectivity index is 1.92. The molecule has 0 spiro atoms. The molecule has 3 rings (SSSR count). The molecule has 0 radical (unpaired) electrons. The van der Waals surface area contributed by atoms with Crippen LogP contribution in [0.4, 0.5) is 18.9 Å². The maximum atomic E-state index is 13.6. The van der Waals surface area contributed by atoms with E-state index in [2.05, 4.69) is 10.3 Å². The number of imidazole rings is 1. The number of thiazole rings is 1. The van der Waals surface area contributed by atoms with Crippen molar-refractivity contribution in [2.45, 2.75) is 20.4 Å². The molecule has 0 atom stereocenters. The summed E-state index contributed by atoms with van der Waals surface area (Å²) in [5.41, 5.74) is 1.27. The first kappa shape index (κ1) is 13.9. The molecule has 7 heteroatoms. The van der Waals surface area contributed by atoms with E-state index in [9.17, 15) is 13.2 Å². The maximum Gasteiger partial charge on any atom is 0.194 e. The van der Waals surface area contributed by atoms with Crippen molar-refractivity contribution in [3.63, 3.8) is 0 Å². The summed E-state index contributed by atoms with van der Waals surface area (Å²) in [4.78, 5) is 6.33. The van der Waals surface area contributed by atoms with Gasteiger partial charge in [0, 0.05) is 23.2 Å². The SMILES string of the molecule is Cc1cn2c(CNc3c(F)cc(F)cc3F)c(C)nc2s1. The summed E-state index contributed by atoms with van der Waals surface area (Å²) in [5.74, 6) is -2.84. The number of fused-ring (bicyclic) bond motifs is 1. The van der Waals surface area contributed by atoms with Gasteiger partial charge in [0.15, 0.2) is 16.6 Å². The molecule has 0 aliphatic carbocycles. The molecule has 2 heterocycles. The first-order valence-corrected chi connectivity index (χ1v) is 7.09. The summed E-state index contributed by atoms with van der Waals surface area (Å²) in [5, 5.41) is 2.68. The molecular weight excluding hydrogens is 299 g/mol. The van der Waals surface area contributed by atoms with Crippen molar-refractivity contribution in [1.29, 1.82) is 0 Å². The lowest BCUT2D eigenvalue weighted by atomic mass is 10.2. The van der Waals surface area contributed by atoms with E-state index < -0.39 is 17.5 Å². The first-order chi connectivity index (χ1) is 9.95. The zero-order chi connectivity index (χ0) is 15.1. The zero-order valence-corrected chi connectivity index (χ0v) is 12.2. The zero-order valence-electron chi connectivity index (χ0n) is 11.4. The van der Waals surface area contributed by atoms with Gasteiger partial charge in [0.05, 0.1) is 17.9 Å². The highest BCUT2D eigenvalue weighted by molar-refractivity contribution is 7.17. The number of hydrogen-bond acceptors (Lipinski definition) is 3. The van der Waals surface area contributed by atoms with Gasteiger partial charge in [0.2, 0.25) is 0 Å². The van der Waals surface area contributed by atoms with Crippen molar-refractivity contribution in [2.75, 3.05) is 5.32 Å². The Morgan fingerprint density at radius 2 is 1.86 bits per heavy atom. The number of aryl methyl sites for hydroxylation is 2. The molecular formula is C14H12F3N3S. The Hall–Kier alpha value is -2.02. The van der Waals surface area contributed by atoms with Gasteiger partial charge in [-0.25, -0.2) is 18.2 Å². The Labute approximate surface area is 123 Å². The number of benzene rings is 1. The van der Waals surface area contributed by atoms with Crippen molar-refractivity contribution in [3.8, 4) is 0 Å². The molecule has 21 heavy (non-hydrogen) atoms. The van der Waals surface area contributed by atoms with Gasteiger partial charge < -0.3 is 5.32 Å². The van der Waals surface area contributed by atoms with Crippen molar-refractivity contribution < 1.29 is 13.2 Å². The summed E-state index contributed by atoms with van der Waals surface area (Å²) in [7, 11) is 0. The number of aromatic nitrogens is 2. The summed E-state index contributed by atoms with van der Waals surface area (Å²) >= 11 is 1.54. The van der Waals surface area contributed by atoms with E-state index >= 15 is 0 Å². The first-order valence-electron chi connectivity index (χ1n) is 6.28. The lowest BCUT2D eigenvalue weighted by Gasteiger charge is -2.09. The summed E-state index contributed by atoms with van der Waals surface area (Å²) in [6.45, 7) is 4.00. The Kier molecular flexibility index (Phi) is 3.36. The van der Waals surface area contributed by atoms with Crippen LogP contribution in [0.25, 0.3) is 4.96 Å². The number of rotatable bonds is 3. The van der Waals surface area contributed by atoms with Crippen molar-refractivity contribution >= 4 is 22.0 Å². The molecule has 1 N–H and O–H groups in total. The molecule has 0 saturated heterocycles. The minimum absolute atomic E-state index is 0.197. The van der Waals surface area contributed by atoms with Crippen LogP contribution in [0, 0.1) is 31.3 Å². The van der Waals surface area contributed by atoms with Crippen LogP contribution in [0.3, 0.4) is 0 Å². The second kappa shape index (κ2) is 5.07. The highest BCUT2D eigenvalue weighted by Crippen LogP contribution is 2.24. The van der Waals surface area contributed by atoms with Crippen LogP contribution in [-0.2, 0) is 6.54 Å². The lowest BCUT2D eigenvalue weighted by Crippen LogP contribution is -2.07. The molecule has 1 aromatic carbocycles. The van der Waals surface area contributed by atoms with Crippen molar-refractivity contribution in [3.05, 3.63) is 52.0 Å². The predicted octanol–water partition coefficient (Wildman–Crippen LogP) is 4.04. The van der Waals surface area contributed by atoms with Crippen LogP contribution >= 0.6 is 11.3 Å². The Morgan fingerprint density at radius 3 is 2.52 bits per heavy atom. The second-order valence-corrected chi connectivity index (χ2v) is 5.95. The minimum Gasteiger partial charge on any atom is -0.375 e. The number of halogens is 3. The van der Waals surface area contributed by atoms with Crippen molar-refractivity contribution in [1.82, 2.24) is 9.38 Å². The van der Waals surface area contributed by atoms with Crippen LogP contribution in [0.2, 0.25) is 0 Å². The monoisotopic (exact) mass is 311 g/mol. The van der Waals surface area contributed by atoms with Gasteiger partial charge >= 0.3 is 0 Å². The van der Waals surface area contributed by atoms with Gasteiger partial charge in [0.1, 0.15) is 11.5 Å². The fraction of sp³-hybridized carbons (Fsp3) is 0.214. The van der Waals surface area contributed by atoms with Gasteiger partial charge in [-0.3, -0.25) is 4.40 Å². The molecule has 0 unspecified atom stereocenters.